The molecule has 0 heterocycles. The smallest absolute Gasteiger partial charge is 0.318 e. The van der Waals surface area contributed by atoms with Gasteiger partial charge in [-0.3, -0.25) is 4.79 Å². The monoisotopic (exact) mass is 206 g/mol. The molecule has 0 aliphatic rings. The van der Waals surface area contributed by atoms with E-state index in [1.165, 1.54) is 11.8 Å². The Morgan fingerprint density at radius 3 is 2.62 bits per heavy atom. The molecule has 2 atom stereocenters. The number of aliphatic hydroxyl groups excluding tert-OH is 1. The minimum atomic E-state index is -0.169. The molecule has 4 heteroatoms. The fourth-order valence-corrected chi connectivity index (χ4v) is 1.62. The van der Waals surface area contributed by atoms with Crippen LogP contribution in [0, 0.1) is 5.92 Å². The lowest BCUT2D eigenvalue weighted by Crippen LogP contribution is -2.18. The molecule has 0 bridgehead atoms. The zero-order valence-corrected chi connectivity index (χ0v) is 9.26. The van der Waals surface area contributed by atoms with Crippen molar-refractivity contribution in [2.45, 2.75) is 26.0 Å². The van der Waals surface area contributed by atoms with E-state index >= 15 is 0 Å². The second-order valence-corrected chi connectivity index (χ2v) is 4.39. The first-order chi connectivity index (χ1) is 6.11. The van der Waals surface area contributed by atoms with Crippen LogP contribution in [0.4, 0.5) is 0 Å². The predicted octanol–water partition coefficient (Wildman–Crippen LogP) is 1.30. The Bertz CT molecular complexity index is 150. The van der Waals surface area contributed by atoms with E-state index in [-0.39, 0.29) is 23.7 Å². The molecule has 0 aromatic rings. The van der Waals surface area contributed by atoms with Gasteiger partial charge >= 0.3 is 5.97 Å². The Morgan fingerprint density at radius 2 is 2.15 bits per heavy atom. The van der Waals surface area contributed by atoms with Gasteiger partial charge in [-0.05, 0) is 25.5 Å². The summed E-state index contributed by atoms with van der Waals surface area (Å²) >= 11 is 1.52. The average molecular weight is 206 g/mol. The average Bonchev–Trinajstić information content (AvgIpc) is 2.13. The first-order valence-corrected chi connectivity index (χ1v) is 5.55. The van der Waals surface area contributed by atoms with Crippen LogP contribution in [0.25, 0.3) is 0 Å². The quantitative estimate of drug-likeness (QED) is 0.665. The minimum Gasteiger partial charge on any atom is -0.465 e. The van der Waals surface area contributed by atoms with Gasteiger partial charge in [-0.1, -0.05) is 6.92 Å². The number of aliphatic hydroxyl groups is 1. The van der Waals surface area contributed by atoms with Crippen molar-refractivity contribution in [1.29, 1.82) is 0 Å². The van der Waals surface area contributed by atoms with E-state index in [2.05, 4.69) is 0 Å². The normalized spacial score (nSPS) is 15.1. The molecule has 0 radical (unpaired) electrons. The lowest BCUT2D eigenvalue weighted by atomic mass is 10.2. The Hall–Kier alpha value is -0.220. The van der Waals surface area contributed by atoms with E-state index < -0.39 is 0 Å². The zero-order valence-electron chi connectivity index (χ0n) is 8.45. The first kappa shape index (κ1) is 12.8. The summed E-state index contributed by atoms with van der Waals surface area (Å²) in [5.41, 5.74) is 0. The van der Waals surface area contributed by atoms with Crippen molar-refractivity contribution in [2.75, 3.05) is 19.0 Å². The number of esters is 1. The fraction of sp³-hybridized carbons (Fsp3) is 0.889. The Morgan fingerprint density at radius 1 is 1.54 bits per heavy atom. The number of carbonyl (C=O) groups is 1. The molecule has 0 aliphatic heterocycles. The van der Waals surface area contributed by atoms with E-state index in [0.29, 0.717) is 6.61 Å². The van der Waals surface area contributed by atoms with Crippen LogP contribution >= 0.6 is 11.8 Å². The third-order valence-corrected chi connectivity index (χ3v) is 3.01. The maximum atomic E-state index is 11.1. The van der Waals surface area contributed by atoms with E-state index in [9.17, 15) is 4.79 Å². The topological polar surface area (TPSA) is 46.5 Å². The van der Waals surface area contributed by atoms with E-state index in [4.69, 9.17) is 9.84 Å². The summed E-state index contributed by atoms with van der Waals surface area (Å²) in [6, 6.07) is 0. The van der Waals surface area contributed by atoms with Gasteiger partial charge < -0.3 is 9.84 Å². The van der Waals surface area contributed by atoms with Gasteiger partial charge in [0.15, 0.2) is 0 Å². The number of hydrogen-bond acceptors (Lipinski definition) is 4. The highest BCUT2D eigenvalue weighted by Crippen LogP contribution is 2.15. The zero-order chi connectivity index (χ0) is 10.3. The summed E-state index contributed by atoms with van der Waals surface area (Å²) in [4.78, 5) is 11.1. The molecule has 3 nitrogen and oxygen atoms in total. The van der Waals surface area contributed by atoms with Gasteiger partial charge in [-0.25, -0.2) is 0 Å². The van der Waals surface area contributed by atoms with Crippen molar-refractivity contribution in [2.24, 2.45) is 5.92 Å². The number of thioether (sulfide) groups is 1. The molecule has 0 saturated heterocycles. The van der Waals surface area contributed by atoms with E-state index in [1.807, 2.05) is 13.8 Å². The van der Waals surface area contributed by atoms with Crippen molar-refractivity contribution in [3.63, 3.8) is 0 Å². The number of carbonyl (C=O) groups excluding carboxylic acids is 1. The maximum Gasteiger partial charge on any atom is 0.318 e. The second-order valence-electron chi connectivity index (χ2n) is 3.02. The highest BCUT2D eigenvalue weighted by Gasteiger charge is 2.15. The van der Waals surface area contributed by atoms with Crippen LogP contribution in [0.1, 0.15) is 20.8 Å². The Balaban J connectivity index is 3.60. The van der Waals surface area contributed by atoms with Crippen molar-refractivity contribution in [3.05, 3.63) is 0 Å². The van der Waals surface area contributed by atoms with E-state index in [1.54, 1.807) is 6.92 Å². The number of ether oxygens (including phenoxy) is 1. The third-order valence-electron chi connectivity index (χ3n) is 1.56. The van der Waals surface area contributed by atoms with Crippen molar-refractivity contribution in [1.82, 2.24) is 0 Å². The molecule has 0 aromatic carbocycles. The molecular formula is C9H18O3S. The molecule has 0 amide bonds. The second kappa shape index (κ2) is 7.21. The molecule has 78 valence electrons. The Kier molecular flexibility index (Phi) is 7.09. The van der Waals surface area contributed by atoms with Crippen molar-refractivity contribution >= 4 is 17.7 Å². The molecule has 0 spiro atoms. The highest BCUT2D eigenvalue weighted by molar-refractivity contribution is 8.00. The summed E-state index contributed by atoms with van der Waals surface area (Å²) < 4.78 is 4.85. The summed E-state index contributed by atoms with van der Waals surface area (Å²) in [6.45, 7) is 6.17. The standard InChI is InChI=1S/C9H18O3S/c1-4-12-9(11)8(3)13-6-7(2)5-10/h7-8,10H,4-6H2,1-3H3. The number of hydrogen-bond donors (Lipinski definition) is 1. The summed E-state index contributed by atoms with van der Waals surface area (Å²) in [5, 5.41) is 8.63. The molecule has 0 aromatic heterocycles. The molecule has 1 N–H and O–H groups in total. The third kappa shape index (κ3) is 5.93. The van der Waals surface area contributed by atoms with Gasteiger partial charge in [0, 0.05) is 6.61 Å². The molecule has 0 fully saturated rings. The van der Waals surface area contributed by atoms with Crippen LogP contribution in [0.5, 0.6) is 0 Å². The minimum absolute atomic E-state index is 0.131. The highest BCUT2D eigenvalue weighted by atomic mass is 32.2. The van der Waals surface area contributed by atoms with Gasteiger partial charge in [-0.2, -0.15) is 0 Å². The largest absolute Gasteiger partial charge is 0.465 e. The lowest BCUT2D eigenvalue weighted by molar-refractivity contribution is -0.142. The van der Waals surface area contributed by atoms with Crippen LogP contribution in [-0.2, 0) is 9.53 Å². The van der Waals surface area contributed by atoms with E-state index in [0.717, 1.165) is 5.75 Å². The Labute approximate surface area is 83.9 Å². The van der Waals surface area contributed by atoms with Crippen molar-refractivity contribution in [3.8, 4) is 0 Å². The van der Waals surface area contributed by atoms with Crippen LogP contribution in [-0.4, -0.2) is 35.3 Å². The summed E-state index contributed by atoms with van der Waals surface area (Å²) in [7, 11) is 0. The van der Waals surface area contributed by atoms with Crippen LogP contribution in [0.15, 0.2) is 0 Å². The van der Waals surface area contributed by atoms with Gasteiger partial charge in [0.2, 0.25) is 0 Å². The van der Waals surface area contributed by atoms with Crippen LogP contribution in [0.2, 0.25) is 0 Å². The first-order valence-electron chi connectivity index (χ1n) is 4.50. The van der Waals surface area contributed by atoms with Gasteiger partial charge in [0.05, 0.1) is 11.9 Å². The predicted molar refractivity (Wildman–Crippen MR) is 54.8 cm³/mol. The fourth-order valence-electron chi connectivity index (χ4n) is 0.689. The summed E-state index contributed by atoms with van der Waals surface area (Å²) in [5.74, 6) is 0.857. The lowest BCUT2D eigenvalue weighted by Gasteiger charge is -2.12. The van der Waals surface area contributed by atoms with Crippen LogP contribution < -0.4 is 0 Å². The van der Waals surface area contributed by atoms with Crippen LogP contribution in [0.3, 0.4) is 0 Å². The molecule has 13 heavy (non-hydrogen) atoms. The van der Waals surface area contributed by atoms with Crippen molar-refractivity contribution < 1.29 is 14.6 Å². The van der Waals surface area contributed by atoms with Gasteiger partial charge in [0.25, 0.3) is 0 Å². The molecular weight excluding hydrogens is 188 g/mol. The summed E-state index contributed by atoms with van der Waals surface area (Å²) in [6.07, 6.45) is 0. The molecule has 2 unspecified atom stereocenters. The molecule has 0 saturated carbocycles. The van der Waals surface area contributed by atoms with Gasteiger partial charge in [-0.15, -0.1) is 11.8 Å². The SMILES string of the molecule is CCOC(=O)C(C)SCC(C)CO. The van der Waals surface area contributed by atoms with Gasteiger partial charge in [0.1, 0.15) is 0 Å². The molecule has 0 rings (SSSR count). The maximum absolute atomic E-state index is 11.1. The molecule has 0 aliphatic carbocycles. The number of rotatable bonds is 6.